The number of hydrogen-bond donors (Lipinski definition) is 3. The molecule has 1 aromatic carbocycles. The fraction of sp³-hybridized carbons (Fsp3) is 0.400. The predicted molar refractivity (Wildman–Crippen MR) is 116 cm³/mol. The van der Waals surface area contributed by atoms with Crippen LogP contribution >= 0.6 is 11.3 Å². The van der Waals surface area contributed by atoms with Crippen molar-refractivity contribution in [1.29, 1.82) is 0 Å². The van der Waals surface area contributed by atoms with Crippen LogP contribution in [0, 0.1) is 16.0 Å². The summed E-state index contributed by atoms with van der Waals surface area (Å²) in [6, 6.07) is 8.49. The molecule has 9 heteroatoms. The molecule has 0 amide bonds. The second-order valence-corrected chi connectivity index (χ2v) is 8.37. The normalized spacial score (nSPS) is 19.2. The van der Waals surface area contributed by atoms with Gasteiger partial charge >= 0.3 is 5.69 Å². The number of fused-ring (bicyclic) bond motifs is 1. The Bertz CT molecular complexity index is 1000. The second-order valence-electron chi connectivity index (χ2n) is 7.46. The molecule has 0 bridgehead atoms. The molecule has 29 heavy (non-hydrogen) atoms. The number of nitro groups is 1. The van der Waals surface area contributed by atoms with Gasteiger partial charge < -0.3 is 16.4 Å². The van der Waals surface area contributed by atoms with E-state index in [1.54, 1.807) is 11.3 Å². The number of rotatable bonds is 7. The summed E-state index contributed by atoms with van der Waals surface area (Å²) in [6.45, 7) is 1.21. The third-order valence-corrected chi connectivity index (χ3v) is 6.43. The number of nitrogens with two attached hydrogens (primary N) is 1. The smallest absolute Gasteiger partial charge is 0.329 e. The van der Waals surface area contributed by atoms with Crippen LogP contribution in [0.2, 0.25) is 0 Å². The molecule has 2 aromatic heterocycles. The van der Waals surface area contributed by atoms with Gasteiger partial charge in [-0.2, -0.15) is 4.98 Å². The molecule has 152 valence electrons. The molecule has 0 radical (unpaired) electrons. The maximum absolute atomic E-state index is 11.4. The summed E-state index contributed by atoms with van der Waals surface area (Å²) in [5.41, 5.74) is 7.00. The zero-order valence-corrected chi connectivity index (χ0v) is 16.8. The SMILES string of the molecule is NC1CCC(CNc2nc(NCc3csc4ccccc34)ncc2[N+](=O)[O-])CC1. The Morgan fingerprint density at radius 3 is 2.79 bits per heavy atom. The van der Waals surface area contributed by atoms with Crippen molar-refractivity contribution in [2.45, 2.75) is 38.3 Å². The van der Waals surface area contributed by atoms with E-state index >= 15 is 0 Å². The van der Waals surface area contributed by atoms with Gasteiger partial charge in [0.15, 0.2) is 0 Å². The van der Waals surface area contributed by atoms with Crippen LogP contribution in [0.5, 0.6) is 0 Å². The summed E-state index contributed by atoms with van der Waals surface area (Å²) in [5, 5.41) is 21.0. The van der Waals surface area contributed by atoms with Crippen molar-refractivity contribution in [2.24, 2.45) is 11.7 Å². The molecular weight excluding hydrogens is 388 g/mol. The summed E-state index contributed by atoms with van der Waals surface area (Å²) in [7, 11) is 0. The van der Waals surface area contributed by atoms with E-state index in [9.17, 15) is 10.1 Å². The van der Waals surface area contributed by atoms with Crippen LogP contribution in [-0.4, -0.2) is 27.5 Å². The van der Waals surface area contributed by atoms with Crippen molar-refractivity contribution in [2.75, 3.05) is 17.2 Å². The van der Waals surface area contributed by atoms with Crippen LogP contribution in [0.15, 0.2) is 35.8 Å². The van der Waals surface area contributed by atoms with E-state index in [2.05, 4.69) is 38.1 Å². The molecule has 0 spiro atoms. The Kier molecular flexibility index (Phi) is 5.86. The van der Waals surface area contributed by atoms with Crippen LogP contribution in [0.25, 0.3) is 10.1 Å². The first-order chi connectivity index (χ1) is 14.1. The van der Waals surface area contributed by atoms with E-state index in [-0.39, 0.29) is 17.5 Å². The summed E-state index contributed by atoms with van der Waals surface area (Å²) in [5.74, 6) is 1.09. The summed E-state index contributed by atoms with van der Waals surface area (Å²) < 4.78 is 1.23. The van der Waals surface area contributed by atoms with Gasteiger partial charge in [0.2, 0.25) is 11.8 Å². The first kappa shape index (κ1) is 19.5. The largest absolute Gasteiger partial charge is 0.364 e. The van der Waals surface area contributed by atoms with Crippen molar-refractivity contribution < 1.29 is 4.92 Å². The minimum absolute atomic E-state index is 0.107. The minimum atomic E-state index is -0.449. The van der Waals surface area contributed by atoms with Gasteiger partial charge in [-0.25, -0.2) is 4.98 Å². The Morgan fingerprint density at radius 2 is 2.00 bits per heavy atom. The Balaban J connectivity index is 1.45. The van der Waals surface area contributed by atoms with E-state index < -0.39 is 4.92 Å². The van der Waals surface area contributed by atoms with Crippen LogP contribution in [0.4, 0.5) is 17.5 Å². The lowest BCUT2D eigenvalue weighted by atomic mass is 9.86. The molecule has 0 unspecified atom stereocenters. The molecule has 2 heterocycles. The van der Waals surface area contributed by atoms with Gasteiger partial charge in [-0.05, 0) is 54.0 Å². The summed E-state index contributed by atoms with van der Waals surface area (Å²) in [4.78, 5) is 19.4. The van der Waals surface area contributed by atoms with Crippen molar-refractivity contribution in [3.8, 4) is 0 Å². The highest BCUT2D eigenvalue weighted by atomic mass is 32.1. The topological polar surface area (TPSA) is 119 Å². The Hall–Kier alpha value is -2.78. The Morgan fingerprint density at radius 1 is 1.21 bits per heavy atom. The first-order valence-corrected chi connectivity index (χ1v) is 10.7. The maximum atomic E-state index is 11.4. The van der Waals surface area contributed by atoms with E-state index in [1.807, 2.05) is 12.1 Å². The van der Waals surface area contributed by atoms with Gasteiger partial charge in [-0.15, -0.1) is 11.3 Å². The highest BCUT2D eigenvalue weighted by Gasteiger charge is 2.21. The highest BCUT2D eigenvalue weighted by molar-refractivity contribution is 7.17. The zero-order valence-electron chi connectivity index (χ0n) is 16.0. The number of thiophene rings is 1. The van der Waals surface area contributed by atoms with Crippen molar-refractivity contribution in [3.05, 3.63) is 51.5 Å². The molecule has 4 N–H and O–H groups in total. The third kappa shape index (κ3) is 4.63. The van der Waals surface area contributed by atoms with Gasteiger partial charge in [0.25, 0.3) is 0 Å². The molecule has 0 saturated heterocycles. The molecule has 0 atom stereocenters. The Labute approximate surface area is 172 Å². The lowest BCUT2D eigenvalue weighted by molar-refractivity contribution is -0.384. The molecule has 1 saturated carbocycles. The fourth-order valence-electron chi connectivity index (χ4n) is 3.70. The van der Waals surface area contributed by atoms with Crippen LogP contribution in [-0.2, 0) is 6.54 Å². The van der Waals surface area contributed by atoms with Gasteiger partial charge in [0, 0.05) is 23.8 Å². The summed E-state index contributed by atoms with van der Waals surface area (Å²) in [6.07, 6.45) is 5.33. The van der Waals surface area contributed by atoms with E-state index in [4.69, 9.17) is 5.73 Å². The molecule has 0 aliphatic heterocycles. The van der Waals surface area contributed by atoms with Gasteiger partial charge in [-0.1, -0.05) is 18.2 Å². The third-order valence-electron chi connectivity index (χ3n) is 5.41. The van der Waals surface area contributed by atoms with Crippen LogP contribution in [0.3, 0.4) is 0 Å². The number of nitrogens with zero attached hydrogens (tertiary/aromatic N) is 3. The first-order valence-electron chi connectivity index (χ1n) is 9.80. The van der Waals surface area contributed by atoms with Gasteiger partial charge in [0.1, 0.15) is 6.20 Å². The van der Waals surface area contributed by atoms with E-state index in [0.717, 1.165) is 31.2 Å². The fourth-order valence-corrected chi connectivity index (χ4v) is 4.66. The average molecular weight is 413 g/mol. The zero-order chi connectivity index (χ0) is 20.2. The van der Waals surface area contributed by atoms with Gasteiger partial charge in [0.05, 0.1) is 4.92 Å². The van der Waals surface area contributed by atoms with Crippen LogP contribution < -0.4 is 16.4 Å². The molecule has 1 aliphatic carbocycles. The average Bonchev–Trinajstić information content (AvgIpc) is 3.15. The van der Waals surface area contributed by atoms with Gasteiger partial charge in [-0.3, -0.25) is 10.1 Å². The number of nitrogens with one attached hydrogen (secondary N) is 2. The maximum Gasteiger partial charge on any atom is 0.329 e. The molecule has 4 rings (SSSR count). The minimum Gasteiger partial charge on any atom is -0.364 e. The monoisotopic (exact) mass is 412 g/mol. The second kappa shape index (κ2) is 8.71. The number of benzene rings is 1. The molecular formula is C20H24N6O2S. The van der Waals surface area contributed by atoms with Crippen molar-refractivity contribution in [1.82, 2.24) is 9.97 Å². The highest BCUT2D eigenvalue weighted by Crippen LogP contribution is 2.28. The van der Waals surface area contributed by atoms with Crippen LogP contribution in [0.1, 0.15) is 31.2 Å². The molecule has 1 aliphatic rings. The lowest BCUT2D eigenvalue weighted by Gasteiger charge is -2.26. The molecule has 1 fully saturated rings. The number of hydrogen-bond acceptors (Lipinski definition) is 8. The van der Waals surface area contributed by atoms with Crippen molar-refractivity contribution >= 4 is 38.9 Å². The van der Waals surface area contributed by atoms with E-state index in [0.29, 0.717) is 25.0 Å². The quantitative estimate of drug-likeness (QED) is 0.394. The lowest BCUT2D eigenvalue weighted by Crippen LogP contribution is -2.29. The molecule has 8 nitrogen and oxygen atoms in total. The van der Waals surface area contributed by atoms with E-state index in [1.165, 1.54) is 16.3 Å². The standard InChI is InChI=1S/C20H24N6O2S/c21-15-7-5-13(6-8-15)9-22-19-17(26(27)28)11-24-20(25-19)23-10-14-12-29-18-4-2-1-3-16(14)18/h1-4,11-13,15H,5-10,21H2,(H2,22,23,24,25). The number of anilines is 2. The molecule has 3 aromatic rings. The predicted octanol–water partition coefficient (Wildman–Crippen LogP) is 4.14. The van der Waals surface area contributed by atoms with Crippen molar-refractivity contribution in [3.63, 3.8) is 0 Å². The number of aromatic nitrogens is 2. The summed E-state index contributed by atoms with van der Waals surface area (Å²) >= 11 is 1.69.